The molecule has 0 spiro atoms. The zero-order valence-electron chi connectivity index (χ0n) is 19.7. The lowest BCUT2D eigenvalue weighted by atomic mass is 9.95. The first-order valence-corrected chi connectivity index (χ1v) is 13.1. The lowest BCUT2D eigenvalue weighted by Crippen LogP contribution is -3.00. The van der Waals surface area contributed by atoms with Crippen molar-refractivity contribution in [1.29, 1.82) is 0 Å². The molecule has 0 bridgehead atoms. The van der Waals surface area contributed by atoms with Crippen LogP contribution in [0, 0.1) is 6.92 Å². The van der Waals surface area contributed by atoms with Crippen LogP contribution in [0.1, 0.15) is 10.6 Å². The molecule has 188 valence electrons. The summed E-state index contributed by atoms with van der Waals surface area (Å²) in [6.45, 7) is 3.17. The largest absolute Gasteiger partial charge is 1.00 e. The first-order valence-electron chi connectivity index (χ1n) is 11.3. The molecular formula is C25H24BrN3O5S2. The second-order valence-electron chi connectivity index (χ2n) is 8.43. The Morgan fingerprint density at radius 2 is 2.03 bits per heavy atom. The van der Waals surface area contributed by atoms with Crippen LogP contribution in [-0.2, 0) is 13.0 Å². The first-order chi connectivity index (χ1) is 17.1. The van der Waals surface area contributed by atoms with Gasteiger partial charge in [-0.15, -0.1) is 10.2 Å². The maximum absolute atomic E-state index is 10.5. The fourth-order valence-corrected chi connectivity index (χ4v) is 6.19. The van der Waals surface area contributed by atoms with E-state index in [0.29, 0.717) is 17.3 Å². The Balaban J connectivity index is 0.00000267. The van der Waals surface area contributed by atoms with Crippen molar-refractivity contribution in [2.45, 2.75) is 30.3 Å². The van der Waals surface area contributed by atoms with Gasteiger partial charge in [0, 0.05) is 18.2 Å². The number of aliphatic hydroxyl groups excluding tert-OH is 1. The maximum Gasteiger partial charge on any atom is 0.231 e. The molecule has 36 heavy (non-hydrogen) atoms. The van der Waals surface area contributed by atoms with E-state index in [1.165, 1.54) is 28.7 Å². The second kappa shape index (κ2) is 10.4. The molecule has 8 nitrogen and oxygen atoms in total. The minimum atomic E-state index is -0.661. The third-order valence-electron chi connectivity index (χ3n) is 6.12. The average Bonchev–Trinajstić information content (AvgIpc) is 3.51. The van der Waals surface area contributed by atoms with Crippen LogP contribution >= 0.6 is 23.1 Å². The summed E-state index contributed by atoms with van der Waals surface area (Å²) in [6, 6.07) is 10.3. The number of rotatable bonds is 7. The lowest BCUT2D eigenvalue weighted by Gasteiger charge is -2.18. The van der Waals surface area contributed by atoms with Gasteiger partial charge in [-0.25, -0.2) is 0 Å². The fraction of sp³-hybridized carbons (Fsp3) is 0.320. The molecule has 0 fully saturated rings. The summed E-state index contributed by atoms with van der Waals surface area (Å²) in [7, 11) is 1.63. The minimum Gasteiger partial charge on any atom is -1.00 e. The Bertz CT molecular complexity index is 1430. The van der Waals surface area contributed by atoms with Crippen molar-refractivity contribution >= 4 is 33.9 Å². The Hall–Kier alpha value is -2.60. The molecule has 2 aromatic heterocycles. The molecule has 11 heteroatoms. The van der Waals surface area contributed by atoms with Gasteiger partial charge in [0.2, 0.25) is 12.5 Å². The maximum atomic E-state index is 10.5. The summed E-state index contributed by atoms with van der Waals surface area (Å²) in [5.41, 5.74) is 3.53. The quantitative estimate of drug-likeness (QED) is 0.250. The molecule has 0 saturated carbocycles. The second-order valence-corrected chi connectivity index (χ2v) is 10.9. The molecule has 0 saturated heterocycles. The third kappa shape index (κ3) is 4.72. The van der Waals surface area contributed by atoms with Crippen LogP contribution in [0.4, 0.5) is 0 Å². The van der Waals surface area contributed by atoms with Gasteiger partial charge in [0.05, 0.1) is 24.2 Å². The van der Waals surface area contributed by atoms with E-state index in [0.717, 1.165) is 55.8 Å². The highest BCUT2D eigenvalue weighted by Crippen LogP contribution is 2.41. The van der Waals surface area contributed by atoms with Gasteiger partial charge in [-0.1, -0.05) is 23.1 Å². The van der Waals surface area contributed by atoms with Crippen LogP contribution in [0.2, 0.25) is 0 Å². The standard InChI is InChI=1S/C25H24N3O5S2.BrH/c1-14-26-27-25(35-14)34-12-17(29)11-31-24-19-10-28-6-5-16-8-22-23(33-13-32-22)9-18(16)20(28)7-15(19)3-4-21(24)30-2;/h3-4,7-10,17,29H,5-6,11-13H2,1-2H3;1H/q+1;/p-1. The van der Waals surface area contributed by atoms with Gasteiger partial charge in [0.25, 0.3) is 0 Å². The number of halogens is 1. The van der Waals surface area contributed by atoms with Crippen molar-refractivity contribution < 1.29 is 45.6 Å². The Morgan fingerprint density at radius 3 is 2.81 bits per heavy atom. The third-order valence-corrected chi connectivity index (χ3v) is 8.24. The summed E-state index contributed by atoms with van der Waals surface area (Å²) in [5, 5.41) is 21.5. The number of methoxy groups -OCH3 is 1. The number of aryl methyl sites for hydroxylation is 3. The Kier molecular flexibility index (Phi) is 7.25. The summed E-state index contributed by atoms with van der Waals surface area (Å²) in [4.78, 5) is 0. The molecule has 4 aromatic rings. The number of hydrogen-bond acceptors (Lipinski definition) is 9. The topological polar surface area (TPSA) is 86.8 Å². The van der Waals surface area contributed by atoms with Gasteiger partial charge >= 0.3 is 0 Å². The summed E-state index contributed by atoms with van der Waals surface area (Å²) in [6.07, 6.45) is 2.35. The molecule has 1 unspecified atom stereocenters. The predicted molar refractivity (Wildman–Crippen MR) is 133 cm³/mol. The van der Waals surface area contributed by atoms with Crippen LogP contribution in [0.15, 0.2) is 40.9 Å². The van der Waals surface area contributed by atoms with E-state index in [2.05, 4.69) is 39.2 Å². The van der Waals surface area contributed by atoms with Gasteiger partial charge in [-0.2, -0.15) is 4.57 Å². The fourth-order valence-electron chi connectivity index (χ4n) is 4.44. The monoisotopic (exact) mass is 589 g/mol. The number of pyridine rings is 1. The van der Waals surface area contributed by atoms with Crippen molar-refractivity contribution in [1.82, 2.24) is 10.2 Å². The molecule has 2 aromatic carbocycles. The van der Waals surface area contributed by atoms with Gasteiger partial charge in [-0.3, -0.25) is 0 Å². The molecule has 2 aliphatic heterocycles. The van der Waals surface area contributed by atoms with E-state index in [-0.39, 0.29) is 30.4 Å². The minimum absolute atomic E-state index is 0. The first kappa shape index (κ1) is 25.1. The van der Waals surface area contributed by atoms with Crippen molar-refractivity contribution in [2.24, 2.45) is 0 Å². The van der Waals surface area contributed by atoms with Gasteiger partial charge in [0.15, 0.2) is 40.1 Å². The van der Waals surface area contributed by atoms with E-state index in [4.69, 9.17) is 18.9 Å². The molecule has 1 atom stereocenters. The number of ether oxygens (including phenoxy) is 4. The number of benzene rings is 2. The molecule has 0 amide bonds. The lowest BCUT2D eigenvalue weighted by molar-refractivity contribution is -0.686. The van der Waals surface area contributed by atoms with Crippen LogP contribution in [-0.4, -0.2) is 47.7 Å². The summed E-state index contributed by atoms with van der Waals surface area (Å²) < 4.78 is 26.0. The van der Waals surface area contributed by atoms with Crippen LogP contribution in [0.25, 0.3) is 22.0 Å². The van der Waals surface area contributed by atoms with E-state index >= 15 is 0 Å². The molecule has 6 rings (SSSR count). The highest BCUT2D eigenvalue weighted by Gasteiger charge is 2.28. The molecule has 0 radical (unpaired) electrons. The molecule has 4 heterocycles. The number of aromatic nitrogens is 3. The number of fused-ring (bicyclic) bond motifs is 5. The number of thioether (sulfide) groups is 1. The SMILES string of the molecule is COc1ccc2cc3[n+](cc2c1OCC(O)CSc1nnc(C)s1)CCc1cc2c(cc1-3)OCO2.[Br-]. The normalized spacial score (nSPS) is 14.1. The predicted octanol–water partition coefficient (Wildman–Crippen LogP) is 0.784. The van der Waals surface area contributed by atoms with Crippen molar-refractivity contribution in [2.75, 3.05) is 26.3 Å². The molecule has 0 aliphatic carbocycles. The van der Waals surface area contributed by atoms with Gasteiger partial charge < -0.3 is 41.0 Å². The highest BCUT2D eigenvalue weighted by molar-refractivity contribution is 8.01. The Labute approximate surface area is 226 Å². The van der Waals surface area contributed by atoms with E-state index in [1.54, 1.807) is 7.11 Å². The smallest absolute Gasteiger partial charge is 0.231 e. The van der Waals surface area contributed by atoms with Crippen LogP contribution in [0.5, 0.6) is 23.0 Å². The Morgan fingerprint density at radius 1 is 1.19 bits per heavy atom. The van der Waals surface area contributed by atoms with E-state index in [9.17, 15) is 5.11 Å². The molecule has 2 aliphatic rings. The summed E-state index contributed by atoms with van der Waals surface area (Å²) in [5.74, 6) is 3.34. The van der Waals surface area contributed by atoms with Gasteiger partial charge in [0.1, 0.15) is 11.6 Å². The average molecular weight is 591 g/mol. The van der Waals surface area contributed by atoms with Crippen molar-refractivity contribution in [3.63, 3.8) is 0 Å². The zero-order valence-corrected chi connectivity index (χ0v) is 22.9. The highest BCUT2D eigenvalue weighted by atomic mass is 79.9. The van der Waals surface area contributed by atoms with Crippen LogP contribution in [0.3, 0.4) is 0 Å². The van der Waals surface area contributed by atoms with Gasteiger partial charge in [-0.05, 0) is 42.1 Å². The molecular weight excluding hydrogens is 566 g/mol. The number of hydrogen-bond donors (Lipinski definition) is 1. The number of aliphatic hydroxyl groups is 1. The van der Waals surface area contributed by atoms with E-state index in [1.807, 2.05) is 19.1 Å². The molecule has 1 N–H and O–H groups in total. The van der Waals surface area contributed by atoms with Crippen molar-refractivity contribution in [3.8, 4) is 34.3 Å². The number of nitrogens with zero attached hydrogens (tertiary/aromatic N) is 3. The zero-order chi connectivity index (χ0) is 23.9. The van der Waals surface area contributed by atoms with Crippen LogP contribution < -0.4 is 40.5 Å². The van der Waals surface area contributed by atoms with Crippen molar-refractivity contribution in [3.05, 3.63) is 47.1 Å². The summed E-state index contributed by atoms with van der Waals surface area (Å²) >= 11 is 3.00. The van der Waals surface area contributed by atoms with E-state index < -0.39 is 6.10 Å².